The van der Waals surface area contributed by atoms with E-state index in [9.17, 15) is 0 Å². The average Bonchev–Trinajstić information content (AvgIpc) is 2.72. The Balaban J connectivity index is 0.000000457. The van der Waals surface area contributed by atoms with E-state index in [1.807, 2.05) is 12.1 Å². The van der Waals surface area contributed by atoms with Gasteiger partial charge in [0.25, 0.3) is 0 Å². The number of nitrogen functional groups attached to an aromatic ring is 1. The number of hydrogen-bond acceptors (Lipinski definition) is 3. The van der Waals surface area contributed by atoms with Crippen molar-refractivity contribution in [1.29, 1.82) is 0 Å². The van der Waals surface area contributed by atoms with Gasteiger partial charge in [-0.15, -0.1) is 0 Å². The summed E-state index contributed by atoms with van der Waals surface area (Å²) in [5, 5.41) is 0. The highest BCUT2D eigenvalue weighted by Crippen LogP contribution is 2.38. The summed E-state index contributed by atoms with van der Waals surface area (Å²) in [6.07, 6.45) is 0.984. The molecule has 1 aliphatic rings. The predicted molar refractivity (Wildman–Crippen MR) is 67.5 cm³/mol. The molecule has 3 heteroatoms. The van der Waals surface area contributed by atoms with Crippen LogP contribution in [0.2, 0.25) is 0 Å². The lowest BCUT2D eigenvalue weighted by atomic mass is 10.1. The first-order chi connectivity index (χ1) is 7.86. The molecule has 0 spiro atoms. The van der Waals surface area contributed by atoms with Gasteiger partial charge in [0.1, 0.15) is 0 Å². The summed E-state index contributed by atoms with van der Waals surface area (Å²) in [6, 6.07) is 14.7. The van der Waals surface area contributed by atoms with Crippen molar-refractivity contribution >= 4 is 5.69 Å². The van der Waals surface area contributed by atoms with Crippen LogP contribution in [0.4, 0.5) is 5.69 Å². The molecule has 0 aliphatic heterocycles. The Labute approximate surface area is 94.8 Å². The fraction of sp³-hybridized carbons (Fsp3) is 0.0769. The Morgan fingerprint density at radius 2 is 1.50 bits per heavy atom. The molecule has 6 N–H and O–H groups in total. The van der Waals surface area contributed by atoms with E-state index < -0.39 is 0 Å². The summed E-state index contributed by atoms with van der Waals surface area (Å²) < 4.78 is 0. The summed E-state index contributed by atoms with van der Waals surface area (Å²) in [6.45, 7) is 0. The van der Waals surface area contributed by atoms with Gasteiger partial charge in [0.2, 0.25) is 0 Å². The molecule has 0 aromatic heterocycles. The molecule has 3 rings (SSSR count). The fourth-order valence-corrected chi connectivity index (χ4v) is 2.18. The lowest BCUT2D eigenvalue weighted by Crippen LogP contribution is -2.02. The maximum Gasteiger partial charge on any atom is 0.0356 e. The van der Waals surface area contributed by atoms with Crippen LogP contribution < -0.4 is 17.4 Å². The summed E-state index contributed by atoms with van der Waals surface area (Å²) >= 11 is 0. The van der Waals surface area contributed by atoms with Crippen molar-refractivity contribution in [3.05, 3.63) is 53.6 Å². The van der Waals surface area contributed by atoms with E-state index in [2.05, 4.69) is 42.0 Å². The van der Waals surface area contributed by atoms with Crippen molar-refractivity contribution in [3.63, 3.8) is 0 Å². The molecule has 0 unspecified atom stereocenters. The maximum absolute atomic E-state index is 5.95. The first-order valence-electron chi connectivity index (χ1n) is 5.15. The van der Waals surface area contributed by atoms with E-state index in [1.165, 1.54) is 22.3 Å². The quantitative estimate of drug-likeness (QED) is 0.302. The van der Waals surface area contributed by atoms with Crippen LogP contribution in [0.5, 0.6) is 0 Å². The molecule has 0 amide bonds. The zero-order valence-electron chi connectivity index (χ0n) is 8.98. The van der Waals surface area contributed by atoms with Crippen LogP contribution in [-0.4, -0.2) is 0 Å². The molecule has 0 atom stereocenters. The standard InChI is InChI=1S/C13H11N.H4N2/c14-13-7-3-6-11-10-5-2-1-4-9(10)8-12(11)13;1-2/h1-7H,8,14H2;1-2H2. The molecule has 2 aromatic carbocycles. The molecule has 0 fully saturated rings. The zero-order valence-corrected chi connectivity index (χ0v) is 8.98. The lowest BCUT2D eigenvalue weighted by molar-refractivity contribution is 1.26. The summed E-state index contributed by atoms with van der Waals surface area (Å²) in [5.41, 5.74) is 12.2. The Morgan fingerprint density at radius 1 is 0.812 bits per heavy atom. The number of hydrogen-bond donors (Lipinski definition) is 3. The van der Waals surface area contributed by atoms with Gasteiger partial charge in [-0.2, -0.15) is 0 Å². The number of hydrazine groups is 1. The normalized spacial score (nSPS) is 11.1. The van der Waals surface area contributed by atoms with Crippen LogP contribution >= 0.6 is 0 Å². The SMILES string of the molecule is NN.Nc1cccc2c1Cc1ccccc1-2. The van der Waals surface area contributed by atoms with Crippen molar-refractivity contribution in [2.45, 2.75) is 6.42 Å². The van der Waals surface area contributed by atoms with E-state index in [-0.39, 0.29) is 0 Å². The topological polar surface area (TPSA) is 78.1 Å². The molecule has 0 radical (unpaired) electrons. The highest BCUT2D eigenvalue weighted by molar-refractivity contribution is 5.81. The molecule has 0 bridgehead atoms. The van der Waals surface area contributed by atoms with E-state index in [0.717, 1.165) is 12.1 Å². The Hall–Kier alpha value is -1.84. The van der Waals surface area contributed by atoms with Crippen LogP contribution in [-0.2, 0) is 6.42 Å². The number of rotatable bonds is 0. The molecular formula is C13H15N3. The van der Waals surface area contributed by atoms with Crippen LogP contribution in [0.15, 0.2) is 42.5 Å². The first kappa shape index (κ1) is 10.7. The number of fused-ring (bicyclic) bond motifs is 3. The molecule has 0 heterocycles. The van der Waals surface area contributed by atoms with Gasteiger partial charge in [0.15, 0.2) is 0 Å². The predicted octanol–water partition coefficient (Wildman–Crippen LogP) is 1.66. The van der Waals surface area contributed by atoms with Gasteiger partial charge >= 0.3 is 0 Å². The number of benzene rings is 2. The minimum atomic E-state index is 0.915. The number of nitrogens with two attached hydrogens (primary N) is 3. The summed E-state index contributed by atoms with van der Waals surface area (Å²) in [5.74, 6) is 8.00. The van der Waals surface area contributed by atoms with E-state index in [0.29, 0.717) is 0 Å². The van der Waals surface area contributed by atoms with Gasteiger partial charge in [0.05, 0.1) is 0 Å². The Morgan fingerprint density at radius 3 is 2.31 bits per heavy atom. The minimum absolute atomic E-state index is 0.915. The first-order valence-corrected chi connectivity index (χ1v) is 5.15. The molecule has 0 saturated heterocycles. The molecule has 0 saturated carbocycles. The van der Waals surface area contributed by atoms with Gasteiger partial charge in [-0.1, -0.05) is 36.4 Å². The van der Waals surface area contributed by atoms with Gasteiger partial charge in [-0.05, 0) is 28.3 Å². The van der Waals surface area contributed by atoms with Crippen molar-refractivity contribution in [2.75, 3.05) is 5.73 Å². The summed E-state index contributed by atoms with van der Waals surface area (Å²) in [7, 11) is 0. The van der Waals surface area contributed by atoms with Crippen molar-refractivity contribution in [1.82, 2.24) is 0 Å². The van der Waals surface area contributed by atoms with Crippen molar-refractivity contribution in [2.24, 2.45) is 11.7 Å². The van der Waals surface area contributed by atoms with Crippen LogP contribution in [0.3, 0.4) is 0 Å². The van der Waals surface area contributed by atoms with Crippen LogP contribution in [0.1, 0.15) is 11.1 Å². The Bertz CT molecular complexity index is 506. The highest BCUT2D eigenvalue weighted by Gasteiger charge is 2.18. The second kappa shape index (κ2) is 4.35. The van der Waals surface area contributed by atoms with Crippen molar-refractivity contribution in [3.8, 4) is 11.1 Å². The van der Waals surface area contributed by atoms with Gasteiger partial charge in [-0.3, -0.25) is 11.7 Å². The van der Waals surface area contributed by atoms with Crippen molar-refractivity contribution < 1.29 is 0 Å². The van der Waals surface area contributed by atoms with E-state index >= 15 is 0 Å². The third kappa shape index (κ3) is 1.56. The third-order valence-electron chi connectivity index (χ3n) is 2.89. The second-order valence-corrected chi connectivity index (χ2v) is 3.71. The van der Waals surface area contributed by atoms with Gasteiger partial charge in [-0.25, -0.2) is 0 Å². The second-order valence-electron chi connectivity index (χ2n) is 3.71. The zero-order chi connectivity index (χ0) is 11.5. The highest BCUT2D eigenvalue weighted by atomic mass is 15.0. The molecule has 2 aromatic rings. The van der Waals surface area contributed by atoms with Gasteiger partial charge in [0, 0.05) is 12.1 Å². The lowest BCUT2D eigenvalue weighted by Gasteiger charge is -2.02. The number of anilines is 1. The average molecular weight is 213 g/mol. The van der Waals surface area contributed by atoms with Gasteiger partial charge < -0.3 is 5.73 Å². The van der Waals surface area contributed by atoms with E-state index in [4.69, 9.17) is 5.73 Å². The van der Waals surface area contributed by atoms with Crippen LogP contribution in [0, 0.1) is 0 Å². The maximum atomic E-state index is 5.95. The molecule has 16 heavy (non-hydrogen) atoms. The van der Waals surface area contributed by atoms with Crippen LogP contribution in [0.25, 0.3) is 11.1 Å². The summed E-state index contributed by atoms with van der Waals surface area (Å²) in [4.78, 5) is 0. The molecule has 1 aliphatic carbocycles. The molecular weight excluding hydrogens is 198 g/mol. The molecule has 3 nitrogen and oxygen atoms in total. The molecule has 82 valence electrons. The fourth-order valence-electron chi connectivity index (χ4n) is 2.18. The largest absolute Gasteiger partial charge is 0.398 e. The smallest absolute Gasteiger partial charge is 0.0356 e. The Kier molecular flexibility index (Phi) is 2.90. The van der Waals surface area contributed by atoms with E-state index in [1.54, 1.807) is 0 Å². The minimum Gasteiger partial charge on any atom is -0.398 e. The third-order valence-corrected chi connectivity index (χ3v) is 2.89. The monoisotopic (exact) mass is 213 g/mol.